The van der Waals surface area contributed by atoms with Crippen LogP contribution in [-0.4, -0.2) is 37.7 Å². The maximum atomic E-state index is 6.13. The minimum atomic E-state index is 0.164. The number of aryl methyl sites for hydroxylation is 3. The van der Waals surface area contributed by atoms with E-state index in [1.54, 1.807) is 11.3 Å². The van der Waals surface area contributed by atoms with Crippen LogP contribution >= 0.6 is 11.3 Å². The molecule has 2 unspecified atom stereocenters. The van der Waals surface area contributed by atoms with E-state index < -0.39 is 0 Å². The summed E-state index contributed by atoms with van der Waals surface area (Å²) in [4.78, 5) is 8.91. The quantitative estimate of drug-likeness (QED) is 0.381. The average Bonchev–Trinajstić information content (AvgIpc) is 3.16. The van der Waals surface area contributed by atoms with Gasteiger partial charge in [-0.05, 0) is 51.5 Å². The zero-order chi connectivity index (χ0) is 20.5. The lowest BCUT2D eigenvalue weighted by Gasteiger charge is -2.32. The van der Waals surface area contributed by atoms with Crippen molar-refractivity contribution in [1.29, 1.82) is 0 Å². The Labute approximate surface area is 179 Å². The number of rotatable bonds is 8. The molecule has 1 aliphatic rings. The van der Waals surface area contributed by atoms with Gasteiger partial charge in [-0.3, -0.25) is 4.99 Å². The second-order valence-corrected chi connectivity index (χ2v) is 8.77. The molecule has 1 aromatic heterocycles. The Morgan fingerprint density at radius 2 is 2.03 bits per heavy atom. The van der Waals surface area contributed by atoms with Gasteiger partial charge in [0.05, 0.1) is 11.1 Å². The molecule has 1 saturated heterocycles. The summed E-state index contributed by atoms with van der Waals surface area (Å²) in [6, 6.07) is 8.75. The normalized spacial score (nSPS) is 19.9. The van der Waals surface area contributed by atoms with E-state index in [4.69, 9.17) is 4.74 Å². The number of aromatic nitrogens is 1. The van der Waals surface area contributed by atoms with Crippen molar-refractivity contribution in [1.82, 2.24) is 15.6 Å². The lowest BCUT2D eigenvalue weighted by Crippen LogP contribution is -2.42. The molecule has 0 bridgehead atoms. The molecule has 0 saturated carbocycles. The number of unbranched alkanes of at least 4 members (excludes halogenated alkanes) is 1. The molecule has 0 radical (unpaired) electrons. The summed E-state index contributed by atoms with van der Waals surface area (Å²) in [5.41, 5.74) is 3.69. The highest BCUT2D eigenvalue weighted by Gasteiger charge is 2.27. The topological polar surface area (TPSA) is 58.5 Å². The third-order valence-electron chi connectivity index (χ3n) is 5.38. The maximum absolute atomic E-state index is 6.13. The van der Waals surface area contributed by atoms with E-state index in [0.717, 1.165) is 57.0 Å². The Kier molecular flexibility index (Phi) is 8.50. The number of hydrogen-bond acceptors (Lipinski definition) is 4. The molecule has 1 fully saturated rings. The van der Waals surface area contributed by atoms with Crippen LogP contribution in [0, 0.1) is 19.8 Å². The molecule has 1 aliphatic heterocycles. The van der Waals surface area contributed by atoms with Crippen LogP contribution in [0.15, 0.2) is 34.6 Å². The van der Waals surface area contributed by atoms with Crippen LogP contribution in [0.25, 0.3) is 0 Å². The van der Waals surface area contributed by atoms with Crippen LogP contribution < -0.4 is 10.6 Å². The average molecular weight is 415 g/mol. The molecule has 29 heavy (non-hydrogen) atoms. The zero-order valence-corrected chi connectivity index (χ0v) is 18.7. The predicted octanol–water partition coefficient (Wildman–Crippen LogP) is 4.42. The SMILES string of the molecule is CN=C(NCCCCc1nc(C)cs1)NCC1CCCOC1c1ccc(C)cc1. The predicted molar refractivity (Wildman–Crippen MR) is 122 cm³/mol. The second kappa shape index (κ2) is 11.3. The van der Waals surface area contributed by atoms with Gasteiger partial charge in [0.25, 0.3) is 0 Å². The van der Waals surface area contributed by atoms with Gasteiger partial charge in [0.15, 0.2) is 5.96 Å². The Morgan fingerprint density at radius 1 is 1.21 bits per heavy atom. The summed E-state index contributed by atoms with van der Waals surface area (Å²) in [6.45, 7) is 6.82. The van der Waals surface area contributed by atoms with Crippen molar-refractivity contribution in [2.45, 2.75) is 52.1 Å². The molecule has 158 valence electrons. The van der Waals surface area contributed by atoms with Crippen molar-refractivity contribution in [3.63, 3.8) is 0 Å². The van der Waals surface area contributed by atoms with Crippen LogP contribution in [0.5, 0.6) is 0 Å². The van der Waals surface area contributed by atoms with Crippen LogP contribution in [0.1, 0.15) is 53.6 Å². The molecule has 0 spiro atoms. The van der Waals surface area contributed by atoms with Gasteiger partial charge in [0, 0.05) is 43.7 Å². The largest absolute Gasteiger partial charge is 0.373 e. The summed E-state index contributed by atoms with van der Waals surface area (Å²) >= 11 is 1.76. The Balaban J connectivity index is 1.40. The Morgan fingerprint density at radius 3 is 2.76 bits per heavy atom. The number of aliphatic imine (C=N–C) groups is 1. The van der Waals surface area contributed by atoms with Gasteiger partial charge in [0.1, 0.15) is 0 Å². The molecular weight excluding hydrogens is 380 g/mol. The first-order valence-corrected chi connectivity index (χ1v) is 11.6. The van der Waals surface area contributed by atoms with Crippen molar-refractivity contribution in [2.75, 3.05) is 26.7 Å². The van der Waals surface area contributed by atoms with Crippen LogP contribution in [0.4, 0.5) is 0 Å². The van der Waals surface area contributed by atoms with Crippen molar-refractivity contribution < 1.29 is 4.74 Å². The number of ether oxygens (including phenoxy) is 1. The van der Waals surface area contributed by atoms with Crippen molar-refractivity contribution in [3.05, 3.63) is 51.5 Å². The smallest absolute Gasteiger partial charge is 0.190 e. The second-order valence-electron chi connectivity index (χ2n) is 7.82. The van der Waals surface area contributed by atoms with E-state index in [2.05, 4.69) is 64.1 Å². The zero-order valence-electron chi connectivity index (χ0n) is 17.9. The molecule has 1 aromatic carbocycles. The lowest BCUT2D eigenvalue weighted by molar-refractivity contribution is -0.0265. The van der Waals surface area contributed by atoms with Gasteiger partial charge in [-0.15, -0.1) is 11.3 Å². The molecule has 2 N–H and O–H groups in total. The number of thiazole rings is 1. The number of nitrogens with zero attached hydrogens (tertiary/aromatic N) is 2. The van der Waals surface area contributed by atoms with Gasteiger partial charge in [-0.2, -0.15) is 0 Å². The lowest BCUT2D eigenvalue weighted by atomic mass is 9.89. The minimum Gasteiger partial charge on any atom is -0.373 e. The fraction of sp³-hybridized carbons (Fsp3) is 0.565. The molecule has 5 nitrogen and oxygen atoms in total. The highest BCUT2D eigenvalue weighted by atomic mass is 32.1. The number of nitrogens with one attached hydrogen (secondary N) is 2. The first-order valence-electron chi connectivity index (χ1n) is 10.7. The highest BCUT2D eigenvalue weighted by Crippen LogP contribution is 2.33. The van der Waals surface area contributed by atoms with Gasteiger partial charge in [0.2, 0.25) is 0 Å². The summed E-state index contributed by atoms with van der Waals surface area (Å²) in [7, 11) is 1.84. The standard InChI is InChI=1S/C23H34N4OS/c1-17-9-11-19(12-10-17)22-20(7-6-14-28-22)15-26-23(24-3)25-13-5-4-8-21-27-18(2)16-29-21/h9-12,16,20,22H,4-8,13-15H2,1-3H3,(H2,24,25,26). The summed E-state index contributed by atoms with van der Waals surface area (Å²) in [6.07, 6.45) is 5.77. The molecular formula is C23H34N4OS. The molecule has 6 heteroatoms. The van der Waals surface area contributed by atoms with E-state index >= 15 is 0 Å². The van der Waals surface area contributed by atoms with Gasteiger partial charge in [-0.1, -0.05) is 29.8 Å². The fourth-order valence-corrected chi connectivity index (χ4v) is 4.57. The van der Waals surface area contributed by atoms with Gasteiger partial charge in [-0.25, -0.2) is 4.98 Å². The maximum Gasteiger partial charge on any atom is 0.190 e. The molecule has 2 aromatic rings. The first kappa shape index (κ1) is 21.8. The van der Waals surface area contributed by atoms with E-state index in [1.807, 2.05) is 7.05 Å². The summed E-state index contributed by atoms with van der Waals surface area (Å²) in [5.74, 6) is 1.33. The molecule has 2 atom stereocenters. The third-order valence-corrected chi connectivity index (χ3v) is 6.41. The molecule has 0 amide bonds. The summed E-state index contributed by atoms with van der Waals surface area (Å²) in [5, 5.41) is 10.3. The summed E-state index contributed by atoms with van der Waals surface area (Å²) < 4.78 is 6.13. The van der Waals surface area contributed by atoms with Gasteiger partial charge < -0.3 is 15.4 Å². The first-order chi connectivity index (χ1) is 14.2. The molecule has 3 rings (SSSR count). The van der Waals surface area contributed by atoms with Crippen LogP contribution in [-0.2, 0) is 11.2 Å². The number of hydrogen-bond donors (Lipinski definition) is 2. The Bertz CT molecular complexity index is 771. The Hall–Kier alpha value is -1.92. The number of benzene rings is 1. The van der Waals surface area contributed by atoms with Gasteiger partial charge >= 0.3 is 0 Å². The highest BCUT2D eigenvalue weighted by molar-refractivity contribution is 7.09. The fourth-order valence-electron chi connectivity index (χ4n) is 3.75. The van der Waals surface area contributed by atoms with E-state index in [9.17, 15) is 0 Å². The molecule has 0 aliphatic carbocycles. The van der Waals surface area contributed by atoms with E-state index in [0.29, 0.717) is 5.92 Å². The number of guanidine groups is 1. The van der Waals surface area contributed by atoms with Crippen LogP contribution in [0.3, 0.4) is 0 Å². The van der Waals surface area contributed by atoms with Crippen LogP contribution in [0.2, 0.25) is 0 Å². The van der Waals surface area contributed by atoms with E-state index in [1.165, 1.54) is 22.6 Å². The minimum absolute atomic E-state index is 0.164. The van der Waals surface area contributed by atoms with E-state index in [-0.39, 0.29) is 6.10 Å². The monoisotopic (exact) mass is 414 g/mol. The van der Waals surface area contributed by atoms with Crippen molar-refractivity contribution in [2.24, 2.45) is 10.9 Å². The van der Waals surface area contributed by atoms with Crippen molar-refractivity contribution in [3.8, 4) is 0 Å². The van der Waals surface area contributed by atoms with Crippen molar-refractivity contribution >= 4 is 17.3 Å². The molecule has 2 heterocycles. The third kappa shape index (κ3) is 6.82.